The lowest BCUT2D eigenvalue weighted by molar-refractivity contribution is 0.644. The molecule has 0 amide bonds. The van der Waals surface area contributed by atoms with E-state index in [9.17, 15) is 0 Å². The molecular formula is C8H6Cl2O. The third-order valence-electron chi connectivity index (χ3n) is 1.75. The lowest BCUT2D eigenvalue weighted by Crippen LogP contribution is -1.77. The molecule has 1 heterocycles. The molecule has 11 heavy (non-hydrogen) atoms. The highest BCUT2D eigenvalue weighted by molar-refractivity contribution is 6.43. The monoisotopic (exact) mass is 188 g/mol. The number of hydrogen-bond donors (Lipinski definition) is 0. The molecule has 58 valence electrons. The van der Waals surface area contributed by atoms with Crippen molar-refractivity contribution < 1.29 is 4.74 Å². The van der Waals surface area contributed by atoms with Crippen LogP contribution in [0.1, 0.15) is 12.5 Å². The summed E-state index contributed by atoms with van der Waals surface area (Å²) >= 11 is 11.7. The predicted octanol–water partition coefficient (Wildman–Crippen LogP) is 3.66. The SMILES string of the molecule is CCc1c(Cl)c(Cl)cc2c1O2. The minimum absolute atomic E-state index is 0.583. The molecule has 0 unspecified atom stereocenters. The summed E-state index contributed by atoms with van der Waals surface area (Å²) in [7, 11) is 0. The maximum atomic E-state index is 5.92. The number of benzene rings is 1. The molecule has 1 aromatic carbocycles. The first-order valence-corrected chi connectivity index (χ1v) is 4.18. The minimum Gasteiger partial charge on any atom is -0.449 e. The van der Waals surface area contributed by atoms with E-state index in [1.54, 1.807) is 6.07 Å². The van der Waals surface area contributed by atoms with E-state index in [0.29, 0.717) is 10.0 Å². The van der Waals surface area contributed by atoms with Gasteiger partial charge in [0.15, 0.2) is 11.5 Å². The Balaban J connectivity index is 2.63. The summed E-state index contributed by atoms with van der Waals surface area (Å²) in [5.74, 6) is 1.79. The van der Waals surface area contributed by atoms with Gasteiger partial charge in [0.2, 0.25) is 0 Å². The van der Waals surface area contributed by atoms with Gasteiger partial charge in [-0.15, -0.1) is 0 Å². The van der Waals surface area contributed by atoms with Gasteiger partial charge in [0.1, 0.15) is 0 Å². The first-order valence-electron chi connectivity index (χ1n) is 3.42. The Labute approximate surface area is 74.9 Å². The number of fused-ring (bicyclic) bond motifs is 1. The lowest BCUT2D eigenvalue weighted by Gasteiger charge is -1.96. The molecule has 0 spiro atoms. The van der Waals surface area contributed by atoms with Crippen molar-refractivity contribution in [2.45, 2.75) is 13.3 Å². The fourth-order valence-electron chi connectivity index (χ4n) is 1.13. The summed E-state index contributed by atoms with van der Waals surface area (Å²) in [6, 6.07) is 1.75. The highest BCUT2D eigenvalue weighted by atomic mass is 35.5. The van der Waals surface area contributed by atoms with Crippen molar-refractivity contribution in [2.75, 3.05) is 0 Å². The third kappa shape index (κ3) is 0.996. The molecule has 0 saturated heterocycles. The molecule has 2 rings (SSSR count). The van der Waals surface area contributed by atoms with Crippen molar-refractivity contribution in [3.8, 4) is 11.5 Å². The molecule has 1 aliphatic rings. The Morgan fingerprint density at radius 1 is 1.45 bits per heavy atom. The maximum absolute atomic E-state index is 5.92. The van der Waals surface area contributed by atoms with Gasteiger partial charge in [-0.05, 0) is 6.42 Å². The second-order valence-corrected chi connectivity index (χ2v) is 3.22. The van der Waals surface area contributed by atoms with Gasteiger partial charge in [-0.2, -0.15) is 0 Å². The van der Waals surface area contributed by atoms with Gasteiger partial charge >= 0.3 is 0 Å². The highest BCUT2D eigenvalue weighted by Gasteiger charge is 2.27. The van der Waals surface area contributed by atoms with Gasteiger partial charge in [0.05, 0.1) is 10.0 Å². The number of halogens is 2. The third-order valence-corrected chi connectivity index (χ3v) is 2.58. The van der Waals surface area contributed by atoms with E-state index < -0.39 is 0 Å². The summed E-state index contributed by atoms with van der Waals surface area (Å²) in [5, 5.41) is 1.21. The van der Waals surface area contributed by atoms with Crippen LogP contribution in [-0.2, 0) is 6.42 Å². The molecule has 1 aliphatic heterocycles. The standard InChI is InChI=1S/C8H6Cl2O/c1-2-4-7(10)5(9)3-6-8(4)11-6/h3H,2H2,1H3. The molecule has 0 bridgehead atoms. The summed E-state index contributed by atoms with van der Waals surface area (Å²) in [5.41, 5.74) is 1.02. The van der Waals surface area contributed by atoms with E-state index in [4.69, 9.17) is 27.9 Å². The van der Waals surface area contributed by atoms with Crippen molar-refractivity contribution in [3.63, 3.8) is 0 Å². The zero-order valence-corrected chi connectivity index (χ0v) is 7.46. The van der Waals surface area contributed by atoms with Gasteiger partial charge in [-0.1, -0.05) is 30.1 Å². The average Bonchev–Trinajstić information content (AvgIpc) is 2.69. The van der Waals surface area contributed by atoms with Crippen LogP contribution in [0.2, 0.25) is 10.0 Å². The molecule has 3 heteroatoms. The van der Waals surface area contributed by atoms with Crippen molar-refractivity contribution in [3.05, 3.63) is 21.7 Å². The van der Waals surface area contributed by atoms with Crippen LogP contribution in [0.25, 0.3) is 0 Å². The summed E-state index contributed by atoms with van der Waals surface area (Å²) in [6.07, 6.45) is 0.863. The summed E-state index contributed by atoms with van der Waals surface area (Å²) < 4.78 is 5.15. The summed E-state index contributed by atoms with van der Waals surface area (Å²) in [4.78, 5) is 0. The first-order chi connectivity index (χ1) is 5.24. The zero-order valence-electron chi connectivity index (χ0n) is 5.95. The van der Waals surface area contributed by atoms with Crippen LogP contribution in [0.15, 0.2) is 6.07 Å². The van der Waals surface area contributed by atoms with Crippen LogP contribution in [0.5, 0.6) is 11.5 Å². The van der Waals surface area contributed by atoms with Crippen molar-refractivity contribution in [1.29, 1.82) is 0 Å². The van der Waals surface area contributed by atoms with Crippen LogP contribution in [0.3, 0.4) is 0 Å². The molecule has 0 atom stereocenters. The van der Waals surface area contributed by atoms with Gasteiger partial charge in [0, 0.05) is 11.6 Å². The molecule has 0 saturated carbocycles. The quantitative estimate of drug-likeness (QED) is 0.623. The zero-order chi connectivity index (χ0) is 8.01. The Morgan fingerprint density at radius 3 is 2.82 bits per heavy atom. The largest absolute Gasteiger partial charge is 0.449 e. The summed E-state index contributed by atoms with van der Waals surface area (Å²) in [6.45, 7) is 2.03. The number of hydrogen-bond acceptors (Lipinski definition) is 1. The van der Waals surface area contributed by atoms with E-state index in [2.05, 4.69) is 0 Å². The molecule has 1 aromatic rings. The molecule has 0 aromatic heterocycles. The van der Waals surface area contributed by atoms with Crippen LogP contribution >= 0.6 is 23.2 Å². The normalized spacial score (nSPS) is 12.3. The van der Waals surface area contributed by atoms with Gasteiger partial charge in [-0.3, -0.25) is 0 Å². The first kappa shape index (κ1) is 7.26. The van der Waals surface area contributed by atoms with Crippen molar-refractivity contribution >= 4 is 23.2 Å². The topological polar surface area (TPSA) is 12.5 Å². The van der Waals surface area contributed by atoms with E-state index in [-0.39, 0.29) is 0 Å². The smallest absolute Gasteiger partial charge is 0.174 e. The van der Waals surface area contributed by atoms with Crippen molar-refractivity contribution in [2.24, 2.45) is 0 Å². The van der Waals surface area contributed by atoms with Crippen LogP contribution < -0.4 is 4.74 Å². The van der Waals surface area contributed by atoms with E-state index in [1.807, 2.05) is 6.92 Å². The van der Waals surface area contributed by atoms with Crippen LogP contribution in [0.4, 0.5) is 0 Å². The Kier molecular flexibility index (Phi) is 1.51. The second kappa shape index (κ2) is 2.29. The molecular weight excluding hydrogens is 183 g/mol. The second-order valence-electron chi connectivity index (χ2n) is 2.43. The number of ether oxygens (including phenoxy) is 1. The van der Waals surface area contributed by atoms with Gasteiger partial charge in [-0.25, -0.2) is 0 Å². The Morgan fingerprint density at radius 2 is 2.18 bits per heavy atom. The average molecular weight is 189 g/mol. The minimum atomic E-state index is 0.583. The molecule has 1 nitrogen and oxygen atoms in total. The predicted molar refractivity (Wildman–Crippen MR) is 45.9 cm³/mol. The van der Waals surface area contributed by atoms with Crippen LogP contribution in [-0.4, -0.2) is 0 Å². The van der Waals surface area contributed by atoms with E-state index in [0.717, 1.165) is 23.5 Å². The Hall–Kier alpha value is -0.400. The highest BCUT2D eigenvalue weighted by Crippen LogP contribution is 2.53. The molecule has 0 aliphatic carbocycles. The molecule has 0 N–H and O–H groups in total. The lowest BCUT2D eigenvalue weighted by atomic mass is 10.2. The molecule has 0 fully saturated rings. The van der Waals surface area contributed by atoms with Gasteiger partial charge in [0.25, 0.3) is 0 Å². The fraction of sp³-hybridized carbons (Fsp3) is 0.250. The van der Waals surface area contributed by atoms with Crippen molar-refractivity contribution in [1.82, 2.24) is 0 Å². The van der Waals surface area contributed by atoms with Gasteiger partial charge < -0.3 is 4.74 Å². The van der Waals surface area contributed by atoms with E-state index >= 15 is 0 Å². The molecule has 0 radical (unpaired) electrons. The van der Waals surface area contributed by atoms with E-state index in [1.165, 1.54) is 0 Å². The number of rotatable bonds is 1. The Bertz CT molecular complexity index is 320. The fourth-order valence-corrected chi connectivity index (χ4v) is 1.61. The van der Waals surface area contributed by atoms with Crippen LogP contribution in [0, 0.1) is 0 Å². The maximum Gasteiger partial charge on any atom is 0.174 e.